The maximum Gasteiger partial charge on any atom is 0.164 e. The second-order valence-electron chi connectivity index (χ2n) is 14.5. The van der Waals surface area contributed by atoms with Gasteiger partial charge in [-0.25, -0.2) is 24.9 Å². The minimum Gasteiger partial charge on any atom is -0.228 e. The number of aromatic nitrogens is 5. The molecule has 5 heteroatoms. The molecule has 2 aromatic heterocycles. The Labute approximate surface area is 349 Å². The Morgan fingerprint density at radius 3 is 1.00 bits per heavy atom. The van der Waals surface area contributed by atoms with Gasteiger partial charge in [0.25, 0.3) is 0 Å². The molecule has 5 nitrogen and oxygen atoms in total. The van der Waals surface area contributed by atoms with Crippen LogP contribution in [0.3, 0.4) is 0 Å². The highest BCUT2D eigenvalue weighted by Gasteiger charge is 2.19. The van der Waals surface area contributed by atoms with Gasteiger partial charge in [0.1, 0.15) is 0 Å². The van der Waals surface area contributed by atoms with Crippen molar-refractivity contribution in [2.75, 3.05) is 0 Å². The van der Waals surface area contributed by atoms with Crippen LogP contribution < -0.4 is 0 Å². The van der Waals surface area contributed by atoms with Gasteiger partial charge < -0.3 is 0 Å². The topological polar surface area (TPSA) is 64.5 Å². The van der Waals surface area contributed by atoms with Gasteiger partial charge in [-0.15, -0.1) is 0 Å². The lowest BCUT2D eigenvalue weighted by molar-refractivity contribution is 1.07. The maximum atomic E-state index is 5.16. The van der Waals surface area contributed by atoms with Crippen LogP contribution in [0, 0.1) is 0 Å². The smallest absolute Gasteiger partial charge is 0.164 e. The molecule has 8 aromatic carbocycles. The van der Waals surface area contributed by atoms with Crippen LogP contribution in [0.2, 0.25) is 0 Å². The summed E-state index contributed by atoms with van der Waals surface area (Å²) in [4.78, 5) is 25.4. The standard InChI is InChI=1S/C55H37N5/c1-7-19-38(20-8-1)48-36-45(51-37-50(40-23-11-3-12-24-40)56-52(57-51)41-25-13-4-14-26-41)32-33-46(48)44-31-34-47(49(35-44)39-21-9-2-10-22-39)55-59-53(42-27-15-5-16-28-42)58-54(60-55)43-29-17-6-18-30-43/h1-37H. The van der Waals surface area contributed by atoms with E-state index < -0.39 is 0 Å². The van der Waals surface area contributed by atoms with Gasteiger partial charge in [0.15, 0.2) is 23.3 Å². The number of hydrogen-bond acceptors (Lipinski definition) is 5. The van der Waals surface area contributed by atoms with E-state index in [4.69, 9.17) is 24.9 Å². The fourth-order valence-corrected chi connectivity index (χ4v) is 7.57. The van der Waals surface area contributed by atoms with Gasteiger partial charge in [0.2, 0.25) is 0 Å². The minimum atomic E-state index is 0.610. The van der Waals surface area contributed by atoms with Crippen LogP contribution >= 0.6 is 0 Å². The summed E-state index contributed by atoms with van der Waals surface area (Å²) in [6.07, 6.45) is 0. The SMILES string of the molecule is c1ccc(-c2cc(-c3ccc(-c4ccc(-c5nc(-c6ccccc6)nc(-c6ccccc6)n5)c(-c5ccccc5)c4)c(-c4ccccc4)c3)nc(-c3ccccc3)n2)cc1. The summed E-state index contributed by atoms with van der Waals surface area (Å²) >= 11 is 0. The van der Waals surface area contributed by atoms with Crippen LogP contribution in [0.25, 0.3) is 101 Å². The van der Waals surface area contributed by atoms with Gasteiger partial charge in [0, 0.05) is 33.4 Å². The second kappa shape index (κ2) is 16.4. The maximum absolute atomic E-state index is 5.16. The molecule has 60 heavy (non-hydrogen) atoms. The Hall–Kier alpha value is -8.15. The molecule has 0 aliphatic rings. The third kappa shape index (κ3) is 7.51. The van der Waals surface area contributed by atoms with Gasteiger partial charge in [-0.2, -0.15) is 0 Å². The summed E-state index contributed by atoms with van der Waals surface area (Å²) in [5.74, 6) is 2.55. The van der Waals surface area contributed by atoms with Crippen LogP contribution in [0.1, 0.15) is 0 Å². The predicted octanol–water partition coefficient (Wildman–Crippen LogP) is 13.7. The van der Waals surface area contributed by atoms with Crippen LogP contribution in [-0.4, -0.2) is 24.9 Å². The molecule has 0 amide bonds. The molecule has 0 bridgehead atoms. The van der Waals surface area contributed by atoms with E-state index >= 15 is 0 Å². The Morgan fingerprint density at radius 2 is 0.517 bits per heavy atom. The zero-order chi connectivity index (χ0) is 40.1. The van der Waals surface area contributed by atoms with E-state index in [-0.39, 0.29) is 0 Å². The van der Waals surface area contributed by atoms with E-state index in [2.05, 4.69) is 121 Å². The highest BCUT2D eigenvalue weighted by atomic mass is 15.0. The summed E-state index contributed by atoms with van der Waals surface area (Å²) in [5, 5.41) is 0. The lowest BCUT2D eigenvalue weighted by Crippen LogP contribution is -2.01. The summed E-state index contributed by atoms with van der Waals surface area (Å²) in [5.41, 5.74) is 14.0. The quantitative estimate of drug-likeness (QED) is 0.146. The van der Waals surface area contributed by atoms with E-state index in [1.54, 1.807) is 0 Å². The van der Waals surface area contributed by atoms with Gasteiger partial charge in [-0.1, -0.05) is 200 Å². The van der Waals surface area contributed by atoms with Crippen molar-refractivity contribution in [1.29, 1.82) is 0 Å². The van der Waals surface area contributed by atoms with Crippen molar-refractivity contribution in [2.24, 2.45) is 0 Å². The molecule has 10 rings (SSSR count). The molecule has 0 radical (unpaired) electrons. The molecule has 0 unspecified atom stereocenters. The van der Waals surface area contributed by atoms with Crippen LogP contribution in [0.4, 0.5) is 0 Å². The molecule has 0 saturated carbocycles. The number of nitrogens with zero attached hydrogens (tertiary/aromatic N) is 5. The highest BCUT2D eigenvalue weighted by Crippen LogP contribution is 2.41. The number of hydrogen-bond donors (Lipinski definition) is 0. The third-order valence-corrected chi connectivity index (χ3v) is 10.6. The first kappa shape index (κ1) is 36.2. The largest absolute Gasteiger partial charge is 0.228 e. The Bertz CT molecular complexity index is 2930. The minimum absolute atomic E-state index is 0.610. The Morgan fingerprint density at radius 1 is 0.183 bits per heavy atom. The molecule has 0 atom stereocenters. The van der Waals surface area contributed by atoms with E-state index in [0.717, 1.165) is 78.1 Å². The van der Waals surface area contributed by atoms with Crippen molar-refractivity contribution in [1.82, 2.24) is 24.9 Å². The van der Waals surface area contributed by atoms with Crippen molar-refractivity contribution in [3.05, 3.63) is 224 Å². The lowest BCUT2D eigenvalue weighted by Gasteiger charge is -2.17. The van der Waals surface area contributed by atoms with E-state index in [9.17, 15) is 0 Å². The normalized spacial score (nSPS) is 11.0. The summed E-state index contributed by atoms with van der Waals surface area (Å²) < 4.78 is 0. The van der Waals surface area contributed by atoms with E-state index in [0.29, 0.717) is 23.3 Å². The average Bonchev–Trinajstić information content (AvgIpc) is 3.35. The van der Waals surface area contributed by atoms with Gasteiger partial charge >= 0.3 is 0 Å². The van der Waals surface area contributed by atoms with E-state index in [1.807, 2.05) is 103 Å². The molecule has 0 saturated heterocycles. The molecule has 0 aliphatic carbocycles. The molecular formula is C55H37N5. The van der Waals surface area contributed by atoms with Gasteiger partial charge in [-0.05, 0) is 57.6 Å². The van der Waals surface area contributed by atoms with Crippen molar-refractivity contribution >= 4 is 0 Å². The highest BCUT2D eigenvalue weighted by molar-refractivity contribution is 5.92. The summed E-state index contributed by atoms with van der Waals surface area (Å²) in [6.45, 7) is 0. The first-order chi connectivity index (χ1) is 29.7. The van der Waals surface area contributed by atoms with Gasteiger partial charge in [-0.3, -0.25) is 0 Å². The van der Waals surface area contributed by atoms with Crippen LogP contribution in [0.5, 0.6) is 0 Å². The zero-order valence-corrected chi connectivity index (χ0v) is 32.6. The fourth-order valence-electron chi connectivity index (χ4n) is 7.57. The monoisotopic (exact) mass is 767 g/mol. The molecule has 10 aromatic rings. The van der Waals surface area contributed by atoms with Crippen molar-refractivity contribution < 1.29 is 0 Å². The molecular weight excluding hydrogens is 731 g/mol. The Balaban J connectivity index is 1.15. The molecule has 2 heterocycles. The van der Waals surface area contributed by atoms with Gasteiger partial charge in [0.05, 0.1) is 11.4 Å². The Kier molecular flexibility index (Phi) is 9.88. The second-order valence-corrected chi connectivity index (χ2v) is 14.5. The average molecular weight is 768 g/mol. The first-order valence-corrected chi connectivity index (χ1v) is 20.0. The molecule has 0 spiro atoms. The molecule has 0 N–H and O–H groups in total. The van der Waals surface area contributed by atoms with Crippen molar-refractivity contribution in [2.45, 2.75) is 0 Å². The molecule has 282 valence electrons. The number of benzene rings is 8. The summed E-state index contributed by atoms with van der Waals surface area (Å²) in [6, 6.07) is 77.1. The third-order valence-electron chi connectivity index (χ3n) is 10.6. The molecule has 0 fully saturated rings. The van der Waals surface area contributed by atoms with E-state index in [1.165, 1.54) is 0 Å². The predicted molar refractivity (Wildman–Crippen MR) is 244 cm³/mol. The van der Waals surface area contributed by atoms with Crippen LogP contribution in [-0.2, 0) is 0 Å². The van der Waals surface area contributed by atoms with Crippen molar-refractivity contribution in [3.63, 3.8) is 0 Å². The number of rotatable bonds is 9. The molecule has 0 aliphatic heterocycles. The van der Waals surface area contributed by atoms with Crippen molar-refractivity contribution in [3.8, 4) is 101 Å². The first-order valence-electron chi connectivity index (χ1n) is 20.0. The summed E-state index contributed by atoms with van der Waals surface area (Å²) in [7, 11) is 0. The zero-order valence-electron chi connectivity index (χ0n) is 32.6. The van der Waals surface area contributed by atoms with Crippen LogP contribution in [0.15, 0.2) is 224 Å². The lowest BCUT2D eigenvalue weighted by atomic mass is 9.89. The fraction of sp³-hybridized carbons (Fsp3) is 0.